The van der Waals surface area contributed by atoms with E-state index >= 15 is 0 Å². The van der Waals surface area contributed by atoms with Crippen molar-refractivity contribution in [3.05, 3.63) is 83.4 Å². The molecule has 0 aliphatic carbocycles. The molecule has 0 fully saturated rings. The highest BCUT2D eigenvalue weighted by molar-refractivity contribution is 6.21. The van der Waals surface area contributed by atoms with Crippen molar-refractivity contribution in [2.75, 3.05) is 11.9 Å². The van der Waals surface area contributed by atoms with Crippen LogP contribution in [0.1, 0.15) is 38.0 Å². The Morgan fingerprint density at radius 1 is 0.900 bits per heavy atom. The normalized spacial score (nSPS) is 12.2. The number of hydrogen-bond acceptors (Lipinski definition) is 5. The maximum Gasteiger partial charge on any atom is 0.259 e. The van der Waals surface area contributed by atoms with Crippen molar-refractivity contribution in [2.45, 2.75) is 6.92 Å². The summed E-state index contributed by atoms with van der Waals surface area (Å²) in [5, 5.41) is 5.07. The molecule has 150 valence electrons. The van der Waals surface area contributed by atoms with E-state index in [9.17, 15) is 14.4 Å². The van der Waals surface area contributed by atoms with Crippen LogP contribution in [0.25, 0.3) is 0 Å². The molecule has 1 heterocycles. The van der Waals surface area contributed by atoms with Crippen LogP contribution in [0.3, 0.4) is 0 Å². The second-order valence-electron chi connectivity index (χ2n) is 6.50. The standard InChI is InChI=1S/C23H18N2O5/c1-2-29-20-6-4-3-5-18(20)22(27)24-14-7-9-15(10-8-14)30-16-11-12-17-19(13-16)23(28)25-21(17)26/h3-13H,2H2,1H3,(H,24,27)(H,25,26,28). The number of nitrogens with one attached hydrogen (secondary N) is 2. The monoisotopic (exact) mass is 402 g/mol. The number of carbonyl (C=O) groups excluding carboxylic acids is 3. The van der Waals surface area contributed by atoms with Gasteiger partial charge in [0, 0.05) is 5.69 Å². The van der Waals surface area contributed by atoms with E-state index in [1.54, 1.807) is 54.6 Å². The number of rotatable bonds is 6. The Morgan fingerprint density at radius 2 is 1.60 bits per heavy atom. The summed E-state index contributed by atoms with van der Waals surface area (Å²) in [6.45, 7) is 2.33. The molecule has 30 heavy (non-hydrogen) atoms. The first-order valence-corrected chi connectivity index (χ1v) is 9.36. The maximum atomic E-state index is 12.6. The molecule has 7 heteroatoms. The lowest BCUT2D eigenvalue weighted by Gasteiger charge is -2.11. The van der Waals surface area contributed by atoms with Gasteiger partial charge in [-0.2, -0.15) is 0 Å². The van der Waals surface area contributed by atoms with Gasteiger partial charge in [-0.3, -0.25) is 19.7 Å². The summed E-state index contributed by atoms with van der Waals surface area (Å²) < 4.78 is 11.3. The Bertz CT molecular complexity index is 1140. The molecular weight excluding hydrogens is 384 g/mol. The molecule has 0 spiro atoms. The highest BCUT2D eigenvalue weighted by atomic mass is 16.5. The second kappa shape index (κ2) is 8.08. The van der Waals surface area contributed by atoms with E-state index in [1.165, 1.54) is 6.07 Å². The molecule has 0 bridgehead atoms. The Kier molecular flexibility index (Phi) is 5.17. The number of anilines is 1. The Balaban J connectivity index is 1.45. The lowest BCUT2D eigenvalue weighted by molar-refractivity contribution is 0.0878. The first-order chi connectivity index (χ1) is 14.5. The molecule has 1 aliphatic heterocycles. The van der Waals surface area contributed by atoms with E-state index in [1.807, 2.05) is 13.0 Å². The third kappa shape index (κ3) is 3.86. The zero-order chi connectivity index (χ0) is 21.1. The fraction of sp³-hybridized carbons (Fsp3) is 0.0870. The third-order valence-corrected chi connectivity index (χ3v) is 4.49. The summed E-state index contributed by atoms with van der Waals surface area (Å²) in [4.78, 5) is 36.0. The van der Waals surface area contributed by atoms with E-state index in [4.69, 9.17) is 9.47 Å². The Morgan fingerprint density at radius 3 is 2.37 bits per heavy atom. The molecule has 0 radical (unpaired) electrons. The van der Waals surface area contributed by atoms with Crippen LogP contribution in [0.15, 0.2) is 66.7 Å². The predicted octanol–water partition coefficient (Wildman–Crippen LogP) is 4.01. The lowest BCUT2D eigenvalue weighted by atomic mass is 10.1. The molecule has 0 saturated carbocycles. The summed E-state index contributed by atoms with van der Waals surface area (Å²) in [5.74, 6) is 0.352. The van der Waals surface area contributed by atoms with Gasteiger partial charge in [0.25, 0.3) is 17.7 Å². The number of carbonyl (C=O) groups is 3. The van der Waals surface area contributed by atoms with Crippen molar-refractivity contribution < 1.29 is 23.9 Å². The predicted molar refractivity (Wildman–Crippen MR) is 110 cm³/mol. The highest BCUT2D eigenvalue weighted by Gasteiger charge is 2.26. The van der Waals surface area contributed by atoms with Gasteiger partial charge in [0.1, 0.15) is 17.2 Å². The zero-order valence-corrected chi connectivity index (χ0v) is 16.1. The highest BCUT2D eigenvalue weighted by Crippen LogP contribution is 2.27. The first-order valence-electron chi connectivity index (χ1n) is 9.36. The van der Waals surface area contributed by atoms with Gasteiger partial charge < -0.3 is 14.8 Å². The molecule has 0 saturated heterocycles. The van der Waals surface area contributed by atoms with Gasteiger partial charge in [-0.15, -0.1) is 0 Å². The summed E-state index contributed by atoms with van der Waals surface area (Å²) in [7, 11) is 0. The van der Waals surface area contributed by atoms with Crippen LogP contribution in [-0.4, -0.2) is 24.3 Å². The van der Waals surface area contributed by atoms with Crippen LogP contribution < -0.4 is 20.1 Å². The largest absolute Gasteiger partial charge is 0.493 e. The van der Waals surface area contributed by atoms with E-state index in [0.717, 1.165) is 0 Å². The van der Waals surface area contributed by atoms with Crippen LogP contribution in [-0.2, 0) is 0 Å². The van der Waals surface area contributed by atoms with Crippen LogP contribution in [0, 0.1) is 0 Å². The van der Waals surface area contributed by atoms with Crippen molar-refractivity contribution in [1.82, 2.24) is 5.32 Å². The summed E-state index contributed by atoms with van der Waals surface area (Å²) in [6, 6.07) is 18.5. The van der Waals surface area contributed by atoms with Crippen molar-refractivity contribution in [3.63, 3.8) is 0 Å². The van der Waals surface area contributed by atoms with E-state index in [0.29, 0.717) is 40.7 Å². The van der Waals surface area contributed by atoms with Gasteiger partial charge in [-0.25, -0.2) is 0 Å². The van der Waals surface area contributed by atoms with Crippen LogP contribution in [0.2, 0.25) is 0 Å². The average molecular weight is 402 g/mol. The SMILES string of the molecule is CCOc1ccccc1C(=O)Nc1ccc(Oc2ccc3c(c2)C(=O)NC3=O)cc1. The quantitative estimate of drug-likeness (QED) is 0.608. The molecule has 3 amide bonds. The molecule has 1 aliphatic rings. The fourth-order valence-electron chi connectivity index (χ4n) is 3.09. The number of para-hydroxylation sites is 1. The molecule has 2 N–H and O–H groups in total. The van der Waals surface area contributed by atoms with Crippen molar-refractivity contribution >= 4 is 23.4 Å². The molecule has 0 unspecified atom stereocenters. The summed E-state index contributed by atoms with van der Waals surface area (Å²) in [5.41, 5.74) is 1.66. The van der Waals surface area contributed by atoms with Crippen molar-refractivity contribution in [3.8, 4) is 17.2 Å². The molecule has 0 aromatic heterocycles. The van der Waals surface area contributed by atoms with E-state index < -0.39 is 11.8 Å². The van der Waals surface area contributed by atoms with Gasteiger partial charge in [-0.05, 0) is 61.5 Å². The number of ether oxygens (including phenoxy) is 2. The molecular formula is C23H18N2O5. The minimum atomic E-state index is -0.439. The van der Waals surface area contributed by atoms with Gasteiger partial charge in [-0.1, -0.05) is 12.1 Å². The van der Waals surface area contributed by atoms with Crippen molar-refractivity contribution in [2.24, 2.45) is 0 Å². The topological polar surface area (TPSA) is 93.7 Å². The van der Waals surface area contributed by atoms with Crippen LogP contribution in [0.4, 0.5) is 5.69 Å². The lowest BCUT2D eigenvalue weighted by Crippen LogP contribution is -2.19. The smallest absolute Gasteiger partial charge is 0.259 e. The van der Waals surface area contributed by atoms with Gasteiger partial charge >= 0.3 is 0 Å². The molecule has 3 aromatic carbocycles. The number of benzene rings is 3. The number of amides is 3. The second-order valence-corrected chi connectivity index (χ2v) is 6.50. The van der Waals surface area contributed by atoms with E-state index in [-0.39, 0.29) is 11.5 Å². The van der Waals surface area contributed by atoms with Crippen LogP contribution in [0.5, 0.6) is 17.2 Å². The van der Waals surface area contributed by atoms with Gasteiger partial charge in [0.05, 0.1) is 23.3 Å². The van der Waals surface area contributed by atoms with Gasteiger partial charge in [0.15, 0.2) is 0 Å². The Hall–Kier alpha value is -4.13. The van der Waals surface area contributed by atoms with Gasteiger partial charge in [0.2, 0.25) is 0 Å². The molecule has 7 nitrogen and oxygen atoms in total. The summed E-state index contributed by atoms with van der Waals surface area (Å²) >= 11 is 0. The fourth-order valence-corrected chi connectivity index (χ4v) is 3.09. The average Bonchev–Trinajstić information content (AvgIpc) is 3.03. The Labute approximate surface area is 172 Å². The zero-order valence-electron chi connectivity index (χ0n) is 16.1. The molecule has 4 rings (SSSR count). The minimum Gasteiger partial charge on any atom is -0.493 e. The molecule has 0 atom stereocenters. The number of hydrogen-bond donors (Lipinski definition) is 2. The molecule has 3 aromatic rings. The van der Waals surface area contributed by atoms with Crippen LogP contribution >= 0.6 is 0 Å². The number of fused-ring (bicyclic) bond motifs is 1. The maximum absolute atomic E-state index is 12.6. The first kappa shape index (κ1) is 19.2. The minimum absolute atomic E-state index is 0.276. The number of imide groups is 1. The van der Waals surface area contributed by atoms with E-state index in [2.05, 4.69) is 10.6 Å². The van der Waals surface area contributed by atoms with Crippen molar-refractivity contribution in [1.29, 1.82) is 0 Å². The summed E-state index contributed by atoms with van der Waals surface area (Å²) in [6.07, 6.45) is 0. The third-order valence-electron chi connectivity index (χ3n) is 4.49.